The molecule has 0 bridgehead atoms. The highest BCUT2D eigenvalue weighted by molar-refractivity contribution is 5.07. The van der Waals surface area contributed by atoms with Crippen molar-refractivity contribution in [2.24, 2.45) is 17.3 Å². The zero-order valence-electron chi connectivity index (χ0n) is 15.0. The molecular weight excluding hydrogens is 278 g/mol. The molecule has 4 heteroatoms. The molecule has 0 N–H and O–H groups in total. The summed E-state index contributed by atoms with van der Waals surface area (Å²) < 4.78 is 17.5. The largest absolute Gasteiger partial charge is 0.328 e. The molecule has 0 aromatic rings. The summed E-state index contributed by atoms with van der Waals surface area (Å²) in [6, 6.07) is 2.60. The van der Waals surface area contributed by atoms with Crippen LogP contribution in [0.25, 0.3) is 0 Å². The highest BCUT2D eigenvalue weighted by Crippen LogP contribution is 2.52. The van der Waals surface area contributed by atoms with Crippen LogP contribution < -0.4 is 0 Å². The first-order chi connectivity index (χ1) is 10.5. The van der Waals surface area contributed by atoms with Gasteiger partial charge in [0.1, 0.15) is 0 Å². The van der Waals surface area contributed by atoms with E-state index in [1.54, 1.807) is 0 Å². The lowest BCUT2D eigenvalue weighted by Gasteiger charge is -2.37. The van der Waals surface area contributed by atoms with Gasteiger partial charge in [-0.25, -0.2) is 0 Å². The fourth-order valence-electron chi connectivity index (χ4n) is 4.00. The van der Waals surface area contributed by atoms with E-state index in [2.05, 4.69) is 19.9 Å². The second-order valence-electron chi connectivity index (χ2n) is 6.30. The Morgan fingerprint density at radius 2 is 1.32 bits per heavy atom. The second kappa shape index (κ2) is 8.86. The van der Waals surface area contributed by atoms with Crippen LogP contribution >= 0.6 is 0 Å². The van der Waals surface area contributed by atoms with E-state index >= 15 is 0 Å². The normalized spacial score (nSPS) is 24.4. The molecule has 4 nitrogen and oxygen atoms in total. The molecule has 0 unspecified atom stereocenters. The minimum atomic E-state index is -1.07. The Labute approximate surface area is 136 Å². The van der Waals surface area contributed by atoms with Crippen molar-refractivity contribution < 1.29 is 14.2 Å². The van der Waals surface area contributed by atoms with E-state index in [4.69, 9.17) is 14.2 Å². The van der Waals surface area contributed by atoms with Crippen molar-refractivity contribution in [3.8, 4) is 6.07 Å². The summed E-state index contributed by atoms with van der Waals surface area (Å²) in [6.45, 7) is 11.8. The van der Waals surface area contributed by atoms with Crippen LogP contribution in [0, 0.1) is 28.6 Å². The molecule has 1 rings (SSSR count). The molecule has 1 fully saturated rings. The maximum atomic E-state index is 9.89. The van der Waals surface area contributed by atoms with Crippen molar-refractivity contribution in [2.75, 3.05) is 19.8 Å². The van der Waals surface area contributed by atoms with Gasteiger partial charge in [0.25, 0.3) is 5.97 Å². The van der Waals surface area contributed by atoms with Gasteiger partial charge in [-0.3, -0.25) is 0 Å². The van der Waals surface area contributed by atoms with E-state index in [1.165, 1.54) is 0 Å². The zero-order valence-corrected chi connectivity index (χ0v) is 15.0. The van der Waals surface area contributed by atoms with Gasteiger partial charge in [0.15, 0.2) is 0 Å². The second-order valence-corrected chi connectivity index (χ2v) is 6.30. The minimum absolute atomic E-state index is 0.402. The monoisotopic (exact) mass is 311 g/mol. The summed E-state index contributed by atoms with van der Waals surface area (Å²) in [7, 11) is 0. The van der Waals surface area contributed by atoms with Crippen LogP contribution in [0.1, 0.15) is 66.7 Å². The predicted octanol–water partition coefficient (Wildman–Crippen LogP) is 4.50. The average molecular weight is 311 g/mol. The lowest BCUT2D eigenvalue weighted by atomic mass is 9.81. The van der Waals surface area contributed by atoms with E-state index < -0.39 is 11.4 Å². The first kappa shape index (κ1) is 19.4. The van der Waals surface area contributed by atoms with Crippen LogP contribution in [0.4, 0.5) is 0 Å². The first-order valence-electron chi connectivity index (χ1n) is 8.87. The highest BCUT2D eigenvalue weighted by Gasteiger charge is 2.50. The molecule has 0 aromatic carbocycles. The average Bonchev–Trinajstić information content (AvgIpc) is 2.86. The Balaban J connectivity index is 3.00. The van der Waals surface area contributed by atoms with E-state index in [-0.39, 0.29) is 0 Å². The van der Waals surface area contributed by atoms with Crippen molar-refractivity contribution in [3.05, 3.63) is 0 Å². The Bertz CT molecular complexity index is 335. The molecular formula is C18H33NO3. The first-order valence-corrected chi connectivity index (χ1v) is 8.87. The van der Waals surface area contributed by atoms with Crippen molar-refractivity contribution in [3.63, 3.8) is 0 Å². The van der Waals surface area contributed by atoms with E-state index in [0.29, 0.717) is 38.1 Å². The number of rotatable bonds is 10. The molecule has 0 amide bonds. The van der Waals surface area contributed by atoms with Crippen molar-refractivity contribution in [1.82, 2.24) is 0 Å². The molecule has 0 aromatic heterocycles. The van der Waals surface area contributed by atoms with Gasteiger partial charge >= 0.3 is 0 Å². The summed E-state index contributed by atoms with van der Waals surface area (Å²) >= 11 is 0. The molecule has 1 saturated carbocycles. The van der Waals surface area contributed by atoms with Gasteiger partial charge in [0.05, 0.1) is 11.5 Å². The molecule has 0 aliphatic heterocycles. The third-order valence-electron chi connectivity index (χ3n) is 4.91. The minimum Gasteiger partial charge on any atom is -0.328 e. The molecule has 0 heterocycles. The summed E-state index contributed by atoms with van der Waals surface area (Å²) in [4.78, 5) is 0. The van der Waals surface area contributed by atoms with Gasteiger partial charge < -0.3 is 14.2 Å². The van der Waals surface area contributed by atoms with Crippen molar-refractivity contribution in [1.29, 1.82) is 5.26 Å². The molecule has 2 atom stereocenters. The highest BCUT2D eigenvalue weighted by atomic mass is 16.9. The molecule has 0 spiro atoms. The molecule has 1 aliphatic rings. The summed E-state index contributed by atoms with van der Waals surface area (Å²) in [5.74, 6) is 0.161. The maximum Gasteiger partial charge on any atom is 0.284 e. The quantitative estimate of drug-likeness (QED) is 0.558. The Morgan fingerprint density at radius 3 is 1.59 bits per heavy atom. The standard InChI is InChI=1S/C18H33NO3/c1-6-15-11-17(14-19,12-16(15)7-2)13-18(20-8-3,21-9-4)22-10-5/h15-16H,6-13H2,1-5H3/t15-,16-/m0/s1. The number of ether oxygens (including phenoxy) is 3. The van der Waals surface area contributed by atoms with Crippen LogP contribution in [0.5, 0.6) is 0 Å². The Morgan fingerprint density at radius 1 is 0.909 bits per heavy atom. The smallest absolute Gasteiger partial charge is 0.284 e. The van der Waals surface area contributed by atoms with Crippen LogP contribution in [-0.2, 0) is 14.2 Å². The van der Waals surface area contributed by atoms with Crippen LogP contribution in [-0.4, -0.2) is 25.8 Å². The lowest BCUT2D eigenvalue weighted by molar-refractivity contribution is -0.386. The number of hydrogen-bond acceptors (Lipinski definition) is 4. The summed E-state index contributed by atoms with van der Waals surface area (Å²) in [5, 5.41) is 9.89. The third-order valence-corrected chi connectivity index (χ3v) is 4.91. The Kier molecular flexibility index (Phi) is 7.82. The fraction of sp³-hybridized carbons (Fsp3) is 0.944. The molecule has 0 radical (unpaired) electrons. The molecule has 0 saturated heterocycles. The van der Waals surface area contributed by atoms with E-state index in [9.17, 15) is 5.26 Å². The predicted molar refractivity (Wildman–Crippen MR) is 87.1 cm³/mol. The van der Waals surface area contributed by atoms with Gasteiger partial charge in [0, 0.05) is 26.2 Å². The lowest BCUT2D eigenvalue weighted by Crippen LogP contribution is -2.44. The molecule has 128 valence electrons. The van der Waals surface area contributed by atoms with Crippen LogP contribution in [0.15, 0.2) is 0 Å². The van der Waals surface area contributed by atoms with Gasteiger partial charge in [0.2, 0.25) is 0 Å². The van der Waals surface area contributed by atoms with Crippen molar-refractivity contribution >= 4 is 0 Å². The number of nitrogens with zero attached hydrogens (tertiary/aromatic N) is 1. The van der Waals surface area contributed by atoms with E-state index in [1.807, 2.05) is 20.8 Å². The molecule has 22 heavy (non-hydrogen) atoms. The van der Waals surface area contributed by atoms with Gasteiger partial charge in [-0.1, -0.05) is 26.7 Å². The number of nitriles is 1. The van der Waals surface area contributed by atoms with Crippen molar-refractivity contribution in [2.45, 2.75) is 72.7 Å². The van der Waals surface area contributed by atoms with Gasteiger partial charge in [-0.15, -0.1) is 0 Å². The summed E-state index contributed by atoms with van der Waals surface area (Å²) in [5.41, 5.74) is -0.402. The topological polar surface area (TPSA) is 51.5 Å². The number of hydrogen-bond donors (Lipinski definition) is 0. The third kappa shape index (κ3) is 4.44. The zero-order chi connectivity index (χ0) is 16.6. The van der Waals surface area contributed by atoms with Crippen LogP contribution in [0.2, 0.25) is 0 Å². The van der Waals surface area contributed by atoms with Gasteiger partial charge in [-0.2, -0.15) is 5.26 Å². The maximum absolute atomic E-state index is 9.89. The van der Waals surface area contributed by atoms with Crippen LogP contribution in [0.3, 0.4) is 0 Å². The van der Waals surface area contributed by atoms with Gasteiger partial charge in [-0.05, 0) is 45.4 Å². The Hall–Kier alpha value is -0.630. The molecule has 1 aliphatic carbocycles. The fourth-order valence-corrected chi connectivity index (χ4v) is 4.00. The van der Waals surface area contributed by atoms with E-state index in [0.717, 1.165) is 25.7 Å². The SMILES string of the molecule is CCOC(CC1(C#N)C[C@H](CC)[C@@H](CC)C1)(OCC)OCC. The summed E-state index contributed by atoms with van der Waals surface area (Å²) in [6.07, 6.45) is 4.61.